The van der Waals surface area contributed by atoms with E-state index in [-0.39, 0.29) is 12.0 Å². The second-order valence-corrected chi connectivity index (χ2v) is 2.95. The third kappa shape index (κ3) is 4.85. The topological polar surface area (TPSA) is 40.5 Å². The fraction of sp³-hybridized carbons (Fsp3) is 0.778. The number of hydrogen-bond donors (Lipinski definition) is 2. The average molecular weight is 158 g/mol. The molecule has 2 heteroatoms. The number of aliphatic hydroxyl groups excluding tert-OH is 2. The van der Waals surface area contributed by atoms with E-state index in [1.165, 1.54) is 0 Å². The van der Waals surface area contributed by atoms with Crippen LogP contribution >= 0.6 is 0 Å². The van der Waals surface area contributed by atoms with E-state index in [0.717, 1.165) is 25.5 Å². The van der Waals surface area contributed by atoms with Crippen LogP contribution < -0.4 is 0 Å². The molecule has 11 heavy (non-hydrogen) atoms. The van der Waals surface area contributed by atoms with Gasteiger partial charge in [0, 0.05) is 0 Å². The Kier molecular flexibility index (Phi) is 5.94. The predicted octanol–water partition coefficient (Wildman–Crippen LogP) is 2.25. The van der Waals surface area contributed by atoms with Crippen LogP contribution in [0.25, 0.3) is 0 Å². The zero-order chi connectivity index (χ0) is 8.69. The van der Waals surface area contributed by atoms with E-state index >= 15 is 0 Å². The molecule has 0 bridgehead atoms. The van der Waals surface area contributed by atoms with Gasteiger partial charge in [-0.2, -0.15) is 0 Å². The van der Waals surface area contributed by atoms with Gasteiger partial charge >= 0.3 is 0 Å². The highest BCUT2D eigenvalue weighted by molar-refractivity contribution is 4.77. The Morgan fingerprint density at radius 2 is 2.09 bits per heavy atom. The summed E-state index contributed by atoms with van der Waals surface area (Å²) in [5.41, 5.74) is 0. The van der Waals surface area contributed by atoms with Gasteiger partial charge in [0.05, 0.1) is 12.4 Å². The van der Waals surface area contributed by atoms with Crippen molar-refractivity contribution in [1.82, 2.24) is 0 Å². The van der Waals surface area contributed by atoms with Crippen LogP contribution in [0.1, 0.15) is 33.1 Å². The van der Waals surface area contributed by atoms with E-state index in [0.29, 0.717) is 0 Å². The molecule has 0 aromatic heterocycles. The molecule has 0 saturated carbocycles. The highest BCUT2D eigenvalue weighted by Gasteiger charge is 2.10. The summed E-state index contributed by atoms with van der Waals surface area (Å²) in [5, 5.41) is 17.8. The molecular weight excluding hydrogens is 140 g/mol. The van der Waals surface area contributed by atoms with Crippen molar-refractivity contribution in [1.29, 1.82) is 0 Å². The summed E-state index contributed by atoms with van der Waals surface area (Å²) >= 11 is 0. The van der Waals surface area contributed by atoms with Crippen molar-refractivity contribution in [3.8, 4) is 0 Å². The molecule has 0 spiro atoms. The minimum absolute atomic E-state index is 0.226. The van der Waals surface area contributed by atoms with Gasteiger partial charge in [-0.15, -0.1) is 0 Å². The summed E-state index contributed by atoms with van der Waals surface area (Å²) in [6, 6.07) is 0. The molecule has 66 valence electrons. The lowest BCUT2D eigenvalue weighted by atomic mass is 9.97. The fourth-order valence-electron chi connectivity index (χ4n) is 1.01. The zero-order valence-electron chi connectivity index (χ0n) is 7.33. The Morgan fingerprint density at radius 3 is 2.55 bits per heavy atom. The Morgan fingerprint density at radius 1 is 1.45 bits per heavy atom. The van der Waals surface area contributed by atoms with Crippen LogP contribution in [0.2, 0.25) is 0 Å². The Hall–Kier alpha value is -0.500. The largest absolute Gasteiger partial charge is 0.516 e. The van der Waals surface area contributed by atoms with Gasteiger partial charge in [0.25, 0.3) is 0 Å². The van der Waals surface area contributed by atoms with Crippen molar-refractivity contribution in [3.63, 3.8) is 0 Å². The van der Waals surface area contributed by atoms with Gasteiger partial charge in [-0.25, -0.2) is 0 Å². The van der Waals surface area contributed by atoms with Crippen molar-refractivity contribution < 1.29 is 10.2 Å². The minimum Gasteiger partial charge on any atom is -0.516 e. The van der Waals surface area contributed by atoms with Gasteiger partial charge < -0.3 is 10.2 Å². The molecule has 0 amide bonds. The van der Waals surface area contributed by atoms with Crippen molar-refractivity contribution in [2.24, 2.45) is 5.92 Å². The van der Waals surface area contributed by atoms with Crippen LogP contribution in [0.5, 0.6) is 0 Å². The molecule has 2 nitrogen and oxygen atoms in total. The van der Waals surface area contributed by atoms with Gasteiger partial charge in [-0.1, -0.05) is 20.3 Å². The molecule has 0 radical (unpaired) electrons. The smallest absolute Gasteiger partial charge is 0.0751 e. The maximum Gasteiger partial charge on any atom is 0.0751 e. The quantitative estimate of drug-likeness (QED) is 0.602. The summed E-state index contributed by atoms with van der Waals surface area (Å²) in [4.78, 5) is 0. The number of hydrogen-bond acceptors (Lipinski definition) is 2. The summed E-state index contributed by atoms with van der Waals surface area (Å²) in [7, 11) is 0. The molecule has 0 rings (SSSR count). The lowest BCUT2D eigenvalue weighted by molar-refractivity contribution is 0.108. The summed E-state index contributed by atoms with van der Waals surface area (Å²) in [6.45, 7) is 4.04. The molecule has 2 unspecified atom stereocenters. The van der Waals surface area contributed by atoms with Crippen molar-refractivity contribution in [3.05, 3.63) is 12.3 Å². The Labute approximate surface area is 68.6 Å². The van der Waals surface area contributed by atoms with Crippen molar-refractivity contribution in [2.75, 3.05) is 0 Å². The molecule has 0 aliphatic rings. The number of allylic oxidation sites excluding steroid dienone is 1. The van der Waals surface area contributed by atoms with Crippen molar-refractivity contribution >= 4 is 0 Å². The molecule has 0 aromatic carbocycles. The first kappa shape index (κ1) is 10.5. The number of aliphatic hydroxyl groups is 2. The molecule has 0 aliphatic carbocycles. The van der Waals surface area contributed by atoms with Crippen LogP contribution in [-0.2, 0) is 0 Å². The second-order valence-electron chi connectivity index (χ2n) is 2.95. The van der Waals surface area contributed by atoms with E-state index < -0.39 is 0 Å². The standard InChI is InChI=1S/C9H18O2/c1-3-5-9(11)8(2)6-4-7-10/h4,7-11H,3,5-6H2,1-2H3. The van der Waals surface area contributed by atoms with E-state index in [1.54, 1.807) is 6.08 Å². The van der Waals surface area contributed by atoms with Crippen LogP contribution in [0.4, 0.5) is 0 Å². The molecule has 0 aromatic rings. The van der Waals surface area contributed by atoms with E-state index in [4.69, 9.17) is 5.11 Å². The summed E-state index contributed by atoms with van der Waals surface area (Å²) in [6.07, 6.45) is 5.08. The Bertz CT molecular complexity index is 110. The molecule has 2 N–H and O–H groups in total. The first-order chi connectivity index (χ1) is 5.22. The van der Waals surface area contributed by atoms with Crippen LogP contribution in [-0.4, -0.2) is 16.3 Å². The third-order valence-corrected chi connectivity index (χ3v) is 1.85. The summed E-state index contributed by atoms with van der Waals surface area (Å²) in [5.74, 6) is 0.248. The lowest BCUT2D eigenvalue weighted by Gasteiger charge is -2.15. The molecule has 0 fully saturated rings. The van der Waals surface area contributed by atoms with Gasteiger partial charge in [0.2, 0.25) is 0 Å². The highest BCUT2D eigenvalue weighted by atomic mass is 16.3. The molecular formula is C9H18O2. The van der Waals surface area contributed by atoms with Crippen LogP contribution in [0.3, 0.4) is 0 Å². The minimum atomic E-state index is -0.226. The molecule has 0 aliphatic heterocycles. The second kappa shape index (κ2) is 6.23. The van der Waals surface area contributed by atoms with E-state index in [1.807, 2.05) is 6.92 Å². The SMILES string of the molecule is CCCC(O)C(C)CC=CO. The lowest BCUT2D eigenvalue weighted by Crippen LogP contribution is -2.16. The van der Waals surface area contributed by atoms with Gasteiger partial charge in [-0.3, -0.25) is 0 Å². The predicted molar refractivity (Wildman–Crippen MR) is 46.5 cm³/mol. The van der Waals surface area contributed by atoms with Gasteiger partial charge in [-0.05, 0) is 24.8 Å². The van der Waals surface area contributed by atoms with Crippen LogP contribution in [0.15, 0.2) is 12.3 Å². The highest BCUT2D eigenvalue weighted by Crippen LogP contribution is 2.12. The van der Waals surface area contributed by atoms with Crippen molar-refractivity contribution in [2.45, 2.75) is 39.2 Å². The van der Waals surface area contributed by atoms with Crippen LogP contribution in [0, 0.1) is 5.92 Å². The average Bonchev–Trinajstić information content (AvgIpc) is 2.00. The maximum absolute atomic E-state index is 9.43. The zero-order valence-corrected chi connectivity index (χ0v) is 7.33. The first-order valence-corrected chi connectivity index (χ1v) is 4.19. The Balaban J connectivity index is 3.54. The molecule has 0 saturated heterocycles. The third-order valence-electron chi connectivity index (χ3n) is 1.85. The fourth-order valence-corrected chi connectivity index (χ4v) is 1.01. The summed E-state index contributed by atoms with van der Waals surface area (Å²) < 4.78 is 0. The number of rotatable bonds is 5. The van der Waals surface area contributed by atoms with Gasteiger partial charge in [0.15, 0.2) is 0 Å². The molecule has 2 atom stereocenters. The monoisotopic (exact) mass is 158 g/mol. The maximum atomic E-state index is 9.43. The normalized spacial score (nSPS) is 17.0. The van der Waals surface area contributed by atoms with E-state index in [9.17, 15) is 5.11 Å². The first-order valence-electron chi connectivity index (χ1n) is 4.19. The van der Waals surface area contributed by atoms with E-state index in [2.05, 4.69) is 6.92 Å². The van der Waals surface area contributed by atoms with Gasteiger partial charge in [0.1, 0.15) is 0 Å². The molecule has 0 heterocycles.